The van der Waals surface area contributed by atoms with Crippen LogP contribution in [0.4, 0.5) is 4.79 Å². The molecule has 2 aliphatic rings. The highest BCUT2D eigenvalue weighted by Crippen LogP contribution is 2.16. The number of piperidine rings is 1. The van der Waals surface area contributed by atoms with E-state index in [1.807, 2.05) is 13.8 Å². The van der Waals surface area contributed by atoms with Gasteiger partial charge < -0.3 is 20.1 Å². The average Bonchev–Trinajstić information content (AvgIpc) is 2.75. The summed E-state index contributed by atoms with van der Waals surface area (Å²) in [5, 5.41) is 15.4. The number of hydrogen-bond acceptors (Lipinski definition) is 4. The summed E-state index contributed by atoms with van der Waals surface area (Å²) in [5.41, 5.74) is -0.303. The van der Waals surface area contributed by atoms with E-state index in [0.717, 1.165) is 19.4 Å². The van der Waals surface area contributed by atoms with Gasteiger partial charge in [0.15, 0.2) is 0 Å². The first-order chi connectivity index (χ1) is 9.00. The Labute approximate surface area is 114 Å². The Morgan fingerprint density at radius 3 is 3.00 bits per heavy atom. The van der Waals surface area contributed by atoms with Crippen molar-refractivity contribution in [3.8, 4) is 0 Å². The molecule has 2 saturated heterocycles. The summed E-state index contributed by atoms with van der Waals surface area (Å²) < 4.78 is 5.56. The number of rotatable bonds is 3. The minimum atomic E-state index is -0.303. The normalized spacial score (nSPS) is 30.4. The molecule has 19 heavy (non-hydrogen) atoms. The monoisotopic (exact) mass is 271 g/mol. The van der Waals surface area contributed by atoms with Gasteiger partial charge in [-0.1, -0.05) is 0 Å². The molecule has 2 atom stereocenters. The van der Waals surface area contributed by atoms with Crippen molar-refractivity contribution in [1.29, 1.82) is 0 Å². The highest BCUT2D eigenvalue weighted by atomic mass is 16.5. The Hall–Kier alpha value is -0.850. The molecule has 0 aromatic carbocycles. The molecule has 2 fully saturated rings. The van der Waals surface area contributed by atoms with E-state index in [1.165, 1.54) is 0 Å². The third kappa shape index (κ3) is 4.06. The molecule has 110 valence electrons. The van der Waals surface area contributed by atoms with Crippen molar-refractivity contribution in [2.24, 2.45) is 5.92 Å². The Balaban J connectivity index is 1.72. The van der Waals surface area contributed by atoms with Crippen molar-refractivity contribution in [2.45, 2.75) is 38.5 Å². The SMILES string of the molecule is CC1(C)N[C@H](CNC(=O)N2CCC[C@@H](CO)C2)CO1. The zero-order chi connectivity index (χ0) is 13.9. The topological polar surface area (TPSA) is 73.8 Å². The van der Waals surface area contributed by atoms with Crippen LogP contribution in [0.1, 0.15) is 26.7 Å². The van der Waals surface area contributed by atoms with E-state index < -0.39 is 0 Å². The first-order valence-corrected chi connectivity index (χ1v) is 7.05. The Morgan fingerprint density at radius 2 is 2.37 bits per heavy atom. The van der Waals surface area contributed by atoms with Crippen molar-refractivity contribution < 1.29 is 14.6 Å². The molecule has 0 aliphatic carbocycles. The molecule has 2 amide bonds. The number of hydrogen-bond donors (Lipinski definition) is 3. The quantitative estimate of drug-likeness (QED) is 0.682. The van der Waals surface area contributed by atoms with Crippen LogP contribution >= 0.6 is 0 Å². The Kier molecular flexibility index (Phi) is 4.65. The largest absolute Gasteiger partial charge is 0.396 e. The van der Waals surface area contributed by atoms with Crippen molar-refractivity contribution in [1.82, 2.24) is 15.5 Å². The second-order valence-corrected chi connectivity index (χ2v) is 5.99. The number of ether oxygens (including phenoxy) is 1. The zero-order valence-corrected chi connectivity index (χ0v) is 11.8. The molecule has 0 aromatic rings. The lowest BCUT2D eigenvalue weighted by Crippen LogP contribution is -2.50. The van der Waals surface area contributed by atoms with Crippen molar-refractivity contribution in [3.63, 3.8) is 0 Å². The van der Waals surface area contributed by atoms with Crippen LogP contribution in [0.3, 0.4) is 0 Å². The summed E-state index contributed by atoms with van der Waals surface area (Å²) in [6.45, 7) is 6.74. The molecular formula is C13H25N3O3. The summed E-state index contributed by atoms with van der Waals surface area (Å²) >= 11 is 0. The fourth-order valence-electron chi connectivity index (χ4n) is 2.71. The number of nitrogens with one attached hydrogen (secondary N) is 2. The van der Waals surface area contributed by atoms with Crippen LogP contribution in [0.25, 0.3) is 0 Å². The summed E-state index contributed by atoms with van der Waals surface area (Å²) in [4.78, 5) is 13.8. The highest BCUT2D eigenvalue weighted by molar-refractivity contribution is 5.74. The van der Waals surface area contributed by atoms with Crippen LogP contribution in [0.15, 0.2) is 0 Å². The molecule has 2 heterocycles. The first-order valence-electron chi connectivity index (χ1n) is 7.05. The molecule has 2 rings (SSSR count). The fourth-order valence-corrected chi connectivity index (χ4v) is 2.71. The van der Waals surface area contributed by atoms with Gasteiger partial charge >= 0.3 is 6.03 Å². The van der Waals surface area contributed by atoms with E-state index in [9.17, 15) is 4.79 Å². The van der Waals surface area contributed by atoms with Gasteiger partial charge in [-0.15, -0.1) is 0 Å². The van der Waals surface area contributed by atoms with Gasteiger partial charge in [0, 0.05) is 26.2 Å². The number of likely N-dealkylation sites (tertiary alicyclic amines) is 1. The van der Waals surface area contributed by atoms with Gasteiger partial charge in [-0.3, -0.25) is 5.32 Å². The maximum Gasteiger partial charge on any atom is 0.317 e. The van der Waals surface area contributed by atoms with Crippen molar-refractivity contribution in [3.05, 3.63) is 0 Å². The maximum atomic E-state index is 12.0. The lowest BCUT2D eigenvalue weighted by Gasteiger charge is -2.32. The number of nitrogens with zero attached hydrogens (tertiary/aromatic N) is 1. The van der Waals surface area contributed by atoms with Crippen LogP contribution in [0.2, 0.25) is 0 Å². The summed E-state index contributed by atoms with van der Waals surface area (Å²) in [7, 11) is 0. The fraction of sp³-hybridized carbons (Fsp3) is 0.923. The third-order valence-electron chi connectivity index (χ3n) is 3.76. The molecule has 2 aliphatic heterocycles. The van der Waals surface area contributed by atoms with E-state index in [4.69, 9.17) is 9.84 Å². The molecule has 3 N–H and O–H groups in total. The Morgan fingerprint density at radius 1 is 1.58 bits per heavy atom. The highest BCUT2D eigenvalue weighted by Gasteiger charge is 2.31. The number of amides is 2. The predicted molar refractivity (Wildman–Crippen MR) is 71.7 cm³/mol. The van der Waals surface area contributed by atoms with Gasteiger partial charge in [-0.25, -0.2) is 4.79 Å². The number of carbonyl (C=O) groups excluding carboxylic acids is 1. The molecule has 0 radical (unpaired) electrons. The van der Waals surface area contributed by atoms with E-state index in [0.29, 0.717) is 19.7 Å². The van der Waals surface area contributed by atoms with Gasteiger partial charge in [0.05, 0.1) is 12.6 Å². The third-order valence-corrected chi connectivity index (χ3v) is 3.76. The molecular weight excluding hydrogens is 246 g/mol. The minimum absolute atomic E-state index is 0.0374. The Bertz CT molecular complexity index is 322. The molecule has 0 aromatic heterocycles. The number of urea groups is 1. The number of aliphatic hydroxyl groups excluding tert-OH is 1. The van der Waals surface area contributed by atoms with Crippen LogP contribution < -0.4 is 10.6 Å². The molecule has 6 heteroatoms. The zero-order valence-electron chi connectivity index (χ0n) is 11.8. The van der Waals surface area contributed by atoms with E-state index in [-0.39, 0.29) is 30.3 Å². The van der Waals surface area contributed by atoms with E-state index >= 15 is 0 Å². The van der Waals surface area contributed by atoms with Crippen LogP contribution in [0, 0.1) is 5.92 Å². The van der Waals surface area contributed by atoms with Crippen LogP contribution in [0.5, 0.6) is 0 Å². The van der Waals surface area contributed by atoms with E-state index in [2.05, 4.69) is 10.6 Å². The number of carbonyl (C=O) groups is 1. The number of aliphatic hydroxyl groups is 1. The summed E-state index contributed by atoms with van der Waals surface area (Å²) in [6, 6.07) is 0.127. The van der Waals surface area contributed by atoms with Gasteiger partial charge in [-0.05, 0) is 32.6 Å². The molecule has 0 spiro atoms. The molecule has 0 saturated carbocycles. The van der Waals surface area contributed by atoms with Crippen LogP contribution in [-0.2, 0) is 4.74 Å². The van der Waals surface area contributed by atoms with Gasteiger partial charge in [-0.2, -0.15) is 0 Å². The lowest BCUT2D eigenvalue weighted by molar-refractivity contribution is 0.0231. The second kappa shape index (κ2) is 6.07. The summed E-state index contributed by atoms with van der Waals surface area (Å²) in [5.74, 6) is 0.228. The standard InChI is InChI=1S/C13H25N3O3/c1-13(2)15-11(9-19-13)6-14-12(18)16-5-3-4-10(7-16)8-17/h10-11,15,17H,3-9H2,1-2H3,(H,14,18)/t10-,11-/m1/s1. The molecule has 6 nitrogen and oxygen atoms in total. The second-order valence-electron chi connectivity index (χ2n) is 5.99. The van der Waals surface area contributed by atoms with Gasteiger partial charge in [0.2, 0.25) is 0 Å². The van der Waals surface area contributed by atoms with Crippen molar-refractivity contribution >= 4 is 6.03 Å². The summed E-state index contributed by atoms with van der Waals surface area (Å²) in [6.07, 6.45) is 1.98. The van der Waals surface area contributed by atoms with Crippen LogP contribution in [-0.4, -0.2) is 60.7 Å². The van der Waals surface area contributed by atoms with E-state index in [1.54, 1.807) is 4.90 Å². The average molecular weight is 271 g/mol. The first kappa shape index (κ1) is 14.6. The molecule has 0 unspecified atom stereocenters. The maximum absolute atomic E-state index is 12.0. The predicted octanol–water partition coefficient (Wildman–Crippen LogP) is 0.125. The molecule has 0 bridgehead atoms. The minimum Gasteiger partial charge on any atom is -0.396 e. The smallest absolute Gasteiger partial charge is 0.317 e. The lowest BCUT2D eigenvalue weighted by atomic mass is 9.99. The van der Waals surface area contributed by atoms with Gasteiger partial charge in [0.25, 0.3) is 0 Å². The van der Waals surface area contributed by atoms with Crippen molar-refractivity contribution in [2.75, 3.05) is 32.8 Å². The van der Waals surface area contributed by atoms with Gasteiger partial charge in [0.1, 0.15) is 5.72 Å².